The van der Waals surface area contributed by atoms with Crippen LogP contribution < -0.4 is 10.1 Å². The number of thiophene rings is 1. The van der Waals surface area contributed by atoms with Crippen LogP contribution >= 0.6 is 11.3 Å². The van der Waals surface area contributed by atoms with Gasteiger partial charge in [0.15, 0.2) is 0 Å². The Bertz CT molecular complexity index is 755. The van der Waals surface area contributed by atoms with Gasteiger partial charge in [-0.05, 0) is 74.2 Å². The average Bonchev–Trinajstić information content (AvgIpc) is 3.13. The summed E-state index contributed by atoms with van der Waals surface area (Å²) in [6.45, 7) is 4.47. The maximum Gasteiger partial charge on any atom is 0.261 e. The summed E-state index contributed by atoms with van der Waals surface area (Å²) in [5.74, 6) is 1.54. The molecule has 2 bridgehead atoms. The lowest BCUT2D eigenvalue weighted by atomic mass is 9.80. The van der Waals surface area contributed by atoms with E-state index in [0.29, 0.717) is 18.0 Å². The predicted molar refractivity (Wildman–Crippen MR) is 101 cm³/mol. The van der Waals surface area contributed by atoms with Gasteiger partial charge in [-0.3, -0.25) is 9.69 Å². The Morgan fingerprint density at radius 1 is 1.24 bits per heavy atom. The number of nitrogens with zero attached hydrogens (tertiary/aromatic N) is 1. The van der Waals surface area contributed by atoms with Crippen molar-refractivity contribution in [2.75, 3.05) is 20.2 Å². The van der Waals surface area contributed by atoms with Gasteiger partial charge in [-0.15, -0.1) is 11.3 Å². The first-order valence-corrected chi connectivity index (χ1v) is 9.75. The molecule has 0 radical (unpaired) electrons. The molecule has 0 aliphatic carbocycles. The van der Waals surface area contributed by atoms with Crippen molar-refractivity contribution in [3.8, 4) is 16.2 Å². The zero-order chi connectivity index (χ0) is 17.4. The first-order valence-electron chi connectivity index (χ1n) is 8.93. The van der Waals surface area contributed by atoms with Gasteiger partial charge in [0.05, 0.1) is 12.0 Å². The second kappa shape index (κ2) is 6.81. The summed E-state index contributed by atoms with van der Waals surface area (Å²) in [4.78, 5) is 17.1. The number of hydrogen-bond acceptors (Lipinski definition) is 4. The third kappa shape index (κ3) is 3.31. The van der Waals surface area contributed by atoms with Crippen LogP contribution in [-0.4, -0.2) is 43.1 Å². The summed E-state index contributed by atoms with van der Waals surface area (Å²) >= 11 is 1.55. The highest BCUT2D eigenvalue weighted by atomic mass is 32.1. The predicted octanol–water partition coefficient (Wildman–Crippen LogP) is 3.64. The van der Waals surface area contributed by atoms with Crippen molar-refractivity contribution in [2.24, 2.45) is 5.92 Å². The molecular formula is C20H24N2O2S. The number of amides is 1. The summed E-state index contributed by atoms with van der Waals surface area (Å²) < 4.78 is 5.20. The normalized spacial score (nSPS) is 27.9. The van der Waals surface area contributed by atoms with Gasteiger partial charge in [0, 0.05) is 23.5 Å². The van der Waals surface area contributed by atoms with Crippen molar-refractivity contribution in [1.82, 2.24) is 10.2 Å². The molecule has 3 unspecified atom stereocenters. The minimum Gasteiger partial charge on any atom is -0.497 e. The van der Waals surface area contributed by atoms with Crippen molar-refractivity contribution in [3.05, 3.63) is 41.3 Å². The van der Waals surface area contributed by atoms with E-state index < -0.39 is 0 Å². The van der Waals surface area contributed by atoms with Crippen LogP contribution in [0.1, 0.15) is 29.4 Å². The van der Waals surface area contributed by atoms with Crippen molar-refractivity contribution >= 4 is 17.2 Å². The van der Waals surface area contributed by atoms with E-state index in [4.69, 9.17) is 4.74 Å². The molecule has 3 fully saturated rings. The molecule has 5 rings (SSSR count). The van der Waals surface area contributed by atoms with Crippen LogP contribution in [0, 0.1) is 5.92 Å². The van der Waals surface area contributed by atoms with Crippen molar-refractivity contribution < 1.29 is 9.53 Å². The second-order valence-electron chi connectivity index (χ2n) is 7.10. The van der Waals surface area contributed by atoms with E-state index in [1.807, 2.05) is 36.4 Å². The van der Waals surface area contributed by atoms with Crippen LogP contribution in [-0.2, 0) is 0 Å². The van der Waals surface area contributed by atoms with Gasteiger partial charge in [0.2, 0.25) is 0 Å². The van der Waals surface area contributed by atoms with E-state index in [0.717, 1.165) is 27.6 Å². The molecule has 0 spiro atoms. The minimum atomic E-state index is 0.0659. The lowest BCUT2D eigenvalue weighted by Crippen LogP contribution is -2.60. The molecule has 1 N–H and O–H groups in total. The van der Waals surface area contributed by atoms with Gasteiger partial charge in [-0.2, -0.15) is 0 Å². The number of piperidine rings is 3. The molecule has 4 nitrogen and oxygen atoms in total. The van der Waals surface area contributed by atoms with E-state index in [2.05, 4.69) is 17.1 Å². The molecule has 3 aliphatic heterocycles. The first-order chi connectivity index (χ1) is 12.1. The van der Waals surface area contributed by atoms with E-state index in [1.165, 1.54) is 19.4 Å². The number of nitrogens with one attached hydrogen (secondary N) is 1. The highest BCUT2D eigenvalue weighted by molar-refractivity contribution is 7.17. The molecule has 5 heteroatoms. The Balaban J connectivity index is 1.44. The van der Waals surface area contributed by atoms with Gasteiger partial charge in [0.1, 0.15) is 5.75 Å². The van der Waals surface area contributed by atoms with E-state index in [1.54, 1.807) is 18.4 Å². The quantitative estimate of drug-likeness (QED) is 0.909. The summed E-state index contributed by atoms with van der Waals surface area (Å²) in [5.41, 5.74) is 1.11. The third-order valence-electron chi connectivity index (χ3n) is 5.58. The molecule has 2 aromatic rings. The maximum atomic E-state index is 12.7. The summed E-state index contributed by atoms with van der Waals surface area (Å²) in [6, 6.07) is 12.9. The van der Waals surface area contributed by atoms with Crippen LogP contribution in [0.25, 0.3) is 10.4 Å². The molecule has 25 heavy (non-hydrogen) atoms. The number of hydrogen-bond donors (Lipinski definition) is 1. The monoisotopic (exact) mass is 356 g/mol. The Labute approximate surface area is 152 Å². The molecule has 0 saturated carbocycles. The van der Waals surface area contributed by atoms with Crippen LogP contribution in [0.5, 0.6) is 5.75 Å². The number of ether oxygens (including phenoxy) is 1. The first kappa shape index (κ1) is 16.6. The lowest BCUT2D eigenvalue weighted by molar-refractivity contribution is 0.0275. The van der Waals surface area contributed by atoms with E-state index in [9.17, 15) is 4.79 Å². The van der Waals surface area contributed by atoms with Crippen LogP contribution in [0.4, 0.5) is 0 Å². The van der Waals surface area contributed by atoms with Crippen LogP contribution in [0.3, 0.4) is 0 Å². The Morgan fingerprint density at radius 3 is 2.68 bits per heavy atom. The zero-order valence-electron chi connectivity index (χ0n) is 14.7. The highest BCUT2D eigenvalue weighted by Gasteiger charge is 2.38. The number of rotatable bonds is 4. The molecule has 4 atom stereocenters. The largest absolute Gasteiger partial charge is 0.497 e. The molecular weight excluding hydrogens is 332 g/mol. The van der Waals surface area contributed by atoms with Crippen molar-refractivity contribution in [1.29, 1.82) is 0 Å². The third-order valence-corrected chi connectivity index (χ3v) is 6.71. The lowest BCUT2D eigenvalue weighted by Gasteiger charge is -2.48. The fourth-order valence-corrected chi connectivity index (χ4v) is 4.98. The Kier molecular flexibility index (Phi) is 4.52. The van der Waals surface area contributed by atoms with Crippen LogP contribution in [0.2, 0.25) is 0 Å². The summed E-state index contributed by atoms with van der Waals surface area (Å²) in [5, 5.41) is 3.28. The molecule has 3 aliphatic rings. The summed E-state index contributed by atoms with van der Waals surface area (Å²) in [7, 11) is 1.66. The number of carbonyl (C=O) groups excluding carboxylic acids is 1. The zero-order valence-corrected chi connectivity index (χ0v) is 15.5. The number of methoxy groups -OCH3 is 1. The summed E-state index contributed by atoms with van der Waals surface area (Å²) in [6.07, 6.45) is 2.41. The number of fused-ring (bicyclic) bond motifs is 3. The fourth-order valence-electron chi connectivity index (χ4n) is 4.07. The topological polar surface area (TPSA) is 41.6 Å². The highest BCUT2D eigenvalue weighted by Crippen LogP contribution is 2.33. The van der Waals surface area contributed by atoms with Gasteiger partial charge < -0.3 is 10.1 Å². The molecule has 132 valence electrons. The molecule has 3 saturated heterocycles. The van der Waals surface area contributed by atoms with Gasteiger partial charge >= 0.3 is 0 Å². The number of carbonyl (C=O) groups is 1. The minimum absolute atomic E-state index is 0.0659. The smallest absolute Gasteiger partial charge is 0.261 e. The fraction of sp³-hybridized carbons (Fsp3) is 0.450. The van der Waals surface area contributed by atoms with Gasteiger partial charge in [-0.25, -0.2) is 0 Å². The van der Waals surface area contributed by atoms with E-state index in [-0.39, 0.29) is 5.91 Å². The molecule has 4 heterocycles. The van der Waals surface area contributed by atoms with Crippen molar-refractivity contribution in [3.63, 3.8) is 0 Å². The second-order valence-corrected chi connectivity index (χ2v) is 8.18. The Hall–Kier alpha value is -1.85. The maximum absolute atomic E-state index is 12.7. The standard InChI is InChI=1S/C20H24N2O2S/c1-13-11-15-9-10-22(13)12-17(15)21-20(23)19-8-7-18(25-19)14-3-5-16(24-2)6-4-14/h3-8,13,15,17H,9-12H2,1-2H3,(H,21,23)/t13?,15?,17-/m0/s1. The molecule has 1 aromatic heterocycles. The van der Waals surface area contributed by atoms with Gasteiger partial charge in [0.25, 0.3) is 5.91 Å². The van der Waals surface area contributed by atoms with E-state index >= 15 is 0 Å². The molecule has 1 amide bonds. The van der Waals surface area contributed by atoms with Gasteiger partial charge in [-0.1, -0.05) is 0 Å². The molecule has 1 aromatic carbocycles. The average molecular weight is 356 g/mol. The van der Waals surface area contributed by atoms with Crippen LogP contribution in [0.15, 0.2) is 36.4 Å². The SMILES string of the molecule is COc1ccc(-c2ccc(C(=O)N[C@H]3CN4CCC3CC4C)s2)cc1. The number of benzene rings is 1. The van der Waals surface area contributed by atoms with Crippen molar-refractivity contribution in [2.45, 2.75) is 31.8 Å². The Morgan fingerprint density at radius 2 is 2.04 bits per heavy atom.